The van der Waals surface area contributed by atoms with Crippen LogP contribution in [0.5, 0.6) is 5.75 Å². The Balaban J connectivity index is 1.45. The fourth-order valence-electron chi connectivity index (χ4n) is 5.57. The predicted octanol–water partition coefficient (Wildman–Crippen LogP) is 6.87. The monoisotopic (exact) mass is 611 g/mol. The van der Waals surface area contributed by atoms with Crippen molar-refractivity contribution < 1.29 is 14.3 Å². The SMILES string of the molecule is COc1ccc(C(C(=O)NC(CCc2ccccc2)C(=O)NCc2ccccc2)N(Cc2ccccc2)Cc2ccccc2)cc1. The van der Waals surface area contributed by atoms with Crippen molar-refractivity contribution in [3.05, 3.63) is 173 Å². The van der Waals surface area contributed by atoms with Crippen LogP contribution in [0.4, 0.5) is 0 Å². The van der Waals surface area contributed by atoms with Crippen LogP contribution < -0.4 is 15.4 Å². The van der Waals surface area contributed by atoms with Gasteiger partial charge in [0.05, 0.1) is 7.11 Å². The molecule has 0 fully saturated rings. The molecule has 5 aromatic rings. The highest BCUT2D eigenvalue weighted by molar-refractivity contribution is 5.90. The molecule has 0 aromatic heterocycles. The molecular weight excluding hydrogens is 570 g/mol. The minimum Gasteiger partial charge on any atom is -0.497 e. The van der Waals surface area contributed by atoms with E-state index in [1.54, 1.807) is 7.11 Å². The molecule has 6 nitrogen and oxygen atoms in total. The Bertz CT molecular complexity index is 1590. The van der Waals surface area contributed by atoms with Crippen LogP contribution in [0, 0.1) is 0 Å². The summed E-state index contributed by atoms with van der Waals surface area (Å²) in [4.78, 5) is 30.4. The van der Waals surface area contributed by atoms with E-state index in [0.717, 1.165) is 27.8 Å². The Morgan fingerprint density at radius 1 is 0.609 bits per heavy atom. The molecule has 0 bridgehead atoms. The molecule has 2 atom stereocenters. The van der Waals surface area contributed by atoms with Crippen molar-refractivity contribution in [1.29, 1.82) is 0 Å². The molecule has 2 amide bonds. The molecule has 0 heterocycles. The van der Waals surface area contributed by atoms with Crippen LogP contribution in [0.1, 0.15) is 40.3 Å². The maximum absolute atomic E-state index is 14.6. The lowest BCUT2D eigenvalue weighted by atomic mass is 10.00. The summed E-state index contributed by atoms with van der Waals surface area (Å²) in [6.07, 6.45) is 1.11. The van der Waals surface area contributed by atoms with Gasteiger partial charge in [-0.05, 0) is 52.8 Å². The quantitative estimate of drug-likeness (QED) is 0.136. The van der Waals surface area contributed by atoms with Gasteiger partial charge < -0.3 is 15.4 Å². The molecule has 5 rings (SSSR count). The highest BCUT2D eigenvalue weighted by atomic mass is 16.5. The molecular formula is C40H41N3O3. The Hall–Kier alpha value is -5.20. The van der Waals surface area contributed by atoms with Crippen LogP contribution >= 0.6 is 0 Å². The summed E-state index contributed by atoms with van der Waals surface area (Å²) in [5, 5.41) is 6.24. The Labute approximate surface area is 272 Å². The predicted molar refractivity (Wildman–Crippen MR) is 183 cm³/mol. The molecule has 5 aromatic carbocycles. The van der Waals surface area contributed by atoms with Gasteiger partial charge in [-0.25, -0.2) is 0 Å². The van der Waals surface area contributed by atoms with Crippen LogP contribution in [0.15, 0.2) is 146 Å². The summed E-state index contributed by atoms with van der Waals surface area (Å²) < 4.78 is 5.43. The summed E-state index contributed by atoms with van der Waals surface area (Å²) in [6, 6.07) is 46.3. The Morgan fingerprint density at radius 3 is 1.59 bits per heavy atom. The number of ether oxygens (including phenoxy) is 1. The topological polar surface area (TPSA) is 70.7 Å². The maximum atomic E-state index is 14.6. The molecule has 2 unspecified atom stereocenters. The highest BCUT2D eigenvalue weighted by Gasteiger charge is 2.31. The molecule has 46 heavy (non-hydrogen) atoms. The number of hydrogen-bond acceptors (Lipinski definition) is 4. The number of nitrogens with zero attached hydrogens (tertiary/aromatic N) is 1. The number of rotatable bonds is 15. The van der Waals surface area contributed by atoms with E-state index in [2.05, 4.69) is 39.8 Å². The number of carbonyl (C=O) groups is 2. The molecule has 0 aliphatic rings. The molecule has 0 saturated carbocycles. The number of benzene rings is 5. The molecule has 234 valence electrons. The van der Waals surface area contributed by atoms with Crippen molar-refractivity contribution >= 4 is 11.8 Å². The van der Waals surface area contributed by atoms with E-state index in [9.17, 15) is 9.59 Å². The molecule has 0 saturated heterocycles. The minimum atomic E-state index is -0.729. The fourth-order valence-corrected chi connectivity index (χ4v) is 5.57. The molecule has 0 radical (unpaired) electrons. The van der Waals surface area contributed by atoms with E-state index in [0.29, 0.717) is 38.2 Å². The zero-order valence-electron chi connectivity index (χ0n) is 26.2. The van der Waals surface area contributed by atoms with Crippen molar-refractivity contribution in [3.63, 3.8) is 0 Å². The largest absolute Gasteiger partial charge is 0.497 e. The van der Waals surface area contributed by atoms with E-state index >= 15 is 0 Å². The zero-order valence-corrected chi connectivity index (χ0v) is 26.2. The third kappa shape index (κ3) is 9.40. The zero-order chi connectivity index (χ0) is 32.0. The highest BCUT2D eigenvalue weighted by Crippen LogP contribution is 2.28. The van der Waals surface area contributed by atoms with Gasteiger partial charge in [0.25, 0.3) is 0 Å². The van der Waals surface area contributed by atoms with Gasteiger partial charge in [-0.2, -0.15) is 0 Å². The van der Waals surface area contributed by atoms with E-state index in [-0.39, 0.29) is 11.8 Å². The second-order valence-electron chi connectivity index (χ2n) is 11.3. The molecule has 6 heteroatoms. The van der Waals surface area contributed by atoms with E-state index in [1.165, 1.54) is 0 Å². The van der Waals surface area contributed by atoms with Crippen molar-refractivity contribution in [2.45, 2.75) is 44.6 Å². The maximum Gasteiger partial charge on any atom is 0.242 e. The summed E-state index contributed by atoms with van der Waals surface area (Å²) in [5.41, 5.74) is 5.10. The smallest absolute Gasteiger partial charge is 0.242 e. The van der Waals surface area contributed by atoms with Crippen LogP contribution in [0.25, 0.3) is 0 Å². The summed E-state index contributed by atoms with van der Waals surface area (Å²) in [7, 11) is 1.63. The Kier molecular flexibility index (Phi) is 11.7. The van der Waals surface area contributed by atoms with Gasteiger partial charge in [-0.15, -0.1) is 0 Å². The summed E-state index contributed by atoms with van der Waals surface area (Å²) >= 11 is 0. The summed E-state index contributed by atoms with van der Waals surface area (Å²) in [6.45, 7) is 1.46. The average molecular weight is 612 g/mol. The number of nitrogens with one attached hydrogen (secondary N) is 2. The molecule has 0 aliphatic heterocycles. The molecule has 0 aliphatic carbocycles. The van der Waals surface area contributed by atoms with E-state index in [1.807, 2.05) is 121 Å². The lowest BCUT2D eigenvalue weighted by Crippen LogP contribution is -2.50. The Morgan fingerprint density at radius 2 is 1.09 bits per heavy atom. The van der Waals surface area contributed by atoms with Gasteiger partial charge >= 0.3 is 0 Å². The van der Waals surface area contributed by atoms with Crippen molar-refractivity contribution in [2.24, 2.45) is 0 Å². The molecule has 0 spiro atoms. The van der Waals surface area contributed by atoms with Gasteiger partial charge in [-0.1, -0.05) is 133 Å². The van der Waals surface area contributed by atoms with Gasteiger partial charge in [-0.3, -0.25) is 14.5 Å². The lowest BCUT2D eigenvalue weighted by Gasteiger charge is -2.33. The first-order chi connectivity index (χ1) is 22.6. The minimum absolute atomic E-state index is 0.209. The standard InChI is InChI=1S/C40H41N3O3/c1-46-36-25-23-35(24-26-36)38(43(29-33-18-10-4-11-19-33)30-34-20-12-5-13-21-34)40(45)42-37(27-22-31-14-6-2-7-15-31)39(44)41-28-32-16-8-3-9-17-32/h2-21,23-26,37-38H,22,27-30H2,1H3,(H,41,44)(H,42,45). The number of aryl methyl sites for hydroxylation is 1. The lowest BCUT2D eigenvalue weighted by molar-refractivity contribution is -0.132. The first kappa shape index (κ1) is 32.2. The van der Waals surface area contributed by atoms with Gasteiger partial charge in [0.2, 0.25) is 11.8 Å². The van der Waals surface area contributed by atoms with Crippen molar-refractivity contribution in [3.8, 4) is 5.75 Å². The second-order valence-corrected chi connectivity index (χ2v) is 11.3. The van der Waals surface area contributed by atoms with Crippen molar-refractivity contribution in [2.75, 3.05) is 7.11 Å². The number of methoxy groups -OCH3 is 1. The first-order valence-electron chi connectivity index (χ1n) is 15.7. The normalized spacial score (nSPS) is 12.2. The number of amides is 2. The third-order valence-corrected chi connectivity index (χ3v) is 8.01. The van der Waals surface area contributed by atoms with Gasteiger partial charge in [0.1, 0.15) is 17.8 Å². The number of carbonyl (C=O) groups excluding carboxylic acids is 2. The van der Waals surface area contributed by atoms with Crippen LogP contribution in [-0.2, 0) is 35.6 Å². The van der Waals surface area contributed by atoms with E-state index < -0.39 is 12.1 Å². The first-order valence-corrected chi connectivity index (χ1v) is 15.7. The molecule has 2 N–H and O–H groups in total. The third-order valence-electron chi connectivity index (χ3n) is 8.01. The van der Waals surface area contributed by atoms with Gasteiger partial charge in [0, 0.05) is 19.6 Å². The average Bonchev–Trinajstić information content (AvgIpc) is 3.11. The number of hydrogen-bond donors (Lipinski definition) is 2. The summed E-state index contributed by atoms with van der Waals surface area (Å²) in [5.74, 6) is 0.269. The fraction of sp³-hybridized carbons (Fsp3) is 0.200. The van der Waals surface area contributed by atoms with Gasteiger partial charge in [0.15, 0.2) is 0 Å². The second kappa shape index (κ2) is 16.8. The van der Waals surface area contributed by atoms with Crippen LogP contribution in [0.2, 0.25) is 0 Å². The van der Waals surface area contributed by atoms with E-state index in [4.69, 9.17) is 4.74 Å². The van der Waals surface area contributed by atoms with Crippen molar-refractivity contribution in [1.82, 2.24) is 15.5 Å². The van der Waals surface area contributed by atoms with Crippen LogP contribution in [-0.4, -0.2) is 29.9 Å². The van der Waals surface area contributed by atoms with Crippen LogP contribution in [0.3, 0.4) is 0 Å².